The first-order valence-electron chi connectivity index (χ1n) is 3.72. The quantitative estimate of drug-likeness (QED) is 0.594. The van der Waals surface area contributed by atoms with Gasteiger partial charge in [-0.15, -0.1) is 11.3 Å². The van der Waals surface area contributed by atoms with E-state index in [2.05, 4.69) is 9.57 Å². The van der Waals surface area contributed by atoms with Crippen molar-refractivity contribution in [3.63, 3.8) is 0 Å². The van der Waals surface area contributed by atoms with Crippen molar-refractivity contribution in [2.24, 2.45) is 5.90 Å². The number of hydrogen-bond acceptors (Lipinski definition) is 5. The number of ether oxygens (including phenoxy) is 1. The fourth-order valence-corrected chi connectivity index (χ4v) is 1.87. The first-order chi connectivity index (χ1) is 6.20. The van der Waals surface area contributed by atoms with Gasteiger partial charge in [0.1, 0.15) is 11.0 Å². The first-order valence-corrected chi connectivity index (χ1v) is 4.60. The van der Waals surface area contributed by atoms with Crippen LogP contribution in [0.15, 0.2) is 11.4 Å². The van der Waals surface area contributed by atoms with Crippen molar-refractivity contribution in [1.29, 1.82) is 0 Å². The van der Waals surface area contributed by atoms with E-state index in [1.165, 1.54) is 18.4 Å². The Bertz CT molecular complexity index is 297. The molecule has 0 aliphatic heterocycles. The van der Waals surface area contributed by atoms with E-state index in [1.54, 1.807) is 18.4 Å². The van der Waals surface area contributed by atoms with Crippen LogP contribution in [-0.2, 0) is 9.57 Å². The van der Waals surface area contributed by atoms with Crippen LogP contribution in [0.4, 0.5) is 0 Å². The fourth-order valence-electron chi connectivity index (χ4n) is 0.971. The highest BCUT2D eigenvalue weighted by Gasteiger charge is 2.17. The van der Waals surface area contributed by atoms with E-state index < -0.39 is 0 Å². The lowest BCUT2D eigenvalue weighted by Crippen LogP contribution is -2.09. The van der Waals surface area contributed by atoms with Gasteiger partial charge >= 0.3 is 5.97 Å². The Balaban J connectivity index is 2.95. The number of nitrogens with two attached hydrogens (primary N) is 1. The SMILES string of the molecule is COC(=O)c1sccc1C(C)ON. The lowest BCUT2D eigenvalue weighted by Gasteiger charge is -2.08. The number of carbonyl (C=O) groups is 1. The molecule has 0 fully saturated rings. The maximum Gasteiger partial charge on any atom is 0.348 e. The highest BCUT2D eigenvalue weighted by Crippen LogP contribution is 2.25. The summed E-state index contributed by atoms with van der Waals surface area (Å²) in [5, 5.41) is 1.80. The third-order valence-electron chi connectivity index (χ3n) is 1.71. The van der Waals surface area contributed by atoms with Crippen LogP contribution < -0.4 is 5.90 Å². The highest BCUT2D eigenvalue weighted by molar-refractivity contribution is 7.12. The van der Waals surface area contributed by atoms with Gasteiger partial charge in [-0.2, -0.15) is 0 Å². The molecule has 1 unspecified atom stereocenters. The van der Waals surface area contributed by atoms with Crippen LogP contribution in [0.1, 0.15) is 28.3 Å². The van der Waals surface area contributed by atoms with Gasteiger partial charge in [0.25, 0.3) is 0 Å². The second kappa shape index (κ2) is 4.36. The number of rotatable bonds is 3. The monoisotopic (exact) mass is 201 g/mol. The molecule has 0 saturated carbocycles. The van der Waals surface area contributed by atoms with Crippen molar-refractivity contribution in [1.82, 2.24) is 0 Å². The van der Waals surface area contributed by atoms with E-state index in [0.29, 0.717) is 4.88 Å². The smallest absolute Gasteiger partial charge is 0.348 e. The van der Waals surface area contributed by atoms with Gasteiger partial charge in [-0.05, 0) is 18.4 Å². The predicted molar refractivity (Wildman–Crippen MR) is 49.3 cm³/mol. The number of carbonyl (C=O) groups excluding carboxylic acids is 1. The molecule has 4 nitrogen and oxygen atoms in total. The average molecular weight is 201 g/mol. The highest BCUT2D eigenvalue weighted by atomic mass is 32.1. The molecule has 1 heterocycles. The van der Waals surface area contributed by atoms with Crippen molar-refractivity contribution in [3.8, 4) is 0 Å². The molecule has 72 valence electrons. The molecule has 0 radical (unpaired) electrons. The Hall–Kier alpha value is -0.910. The van der Waals surface area contributed by atoms with Gasteiger partial charge in [0.2, 0.25) is 0 Å². The zero-order valence-electron chi connectivity index (χ0n) is 7.44. The first kappa shape index (κ1) is 10.2. The Kier molecular flexibility index (Phi) is 3.41. The summed E-state index contributed by atoms with van der Waals surface area (Å²) in [6.45, 7) is 1.77. The second-order valence-corrected chi connectivity index (χ2v) is 3.39. The molecule has 13 heavy (non-hydrogen) atoms. The Morgan fingerprint density at radius 1 is 1.69 bits per heavy atom. The topological polar surface area (TPSA) is 61.5 Å². The molecule has 0 aliphatic carbocycles. The summed E-state index contributed by atoms with van der Waals surface area (Å²) >= 11 is 1.32. The van der Waals surface area contributed by atoms with Gasteiger partial charge in [0.05, 0.1) is 7.11 Å². The van der Waals surface area contributed by atoms with Gasteiger partial charge in [-0.25, -0.2) is 10.7 Å². The number of hydrogen-bond donors (Lipinski definition) is 1. The summed E-state index contributed by atoms with van der Waals surface area (Å²) in [6, 6.07) is 1.80. The molecule has 0 bridgehead atoms. The molecule has 1 atom stereocenters. The van der Waals surface area contributed by atoms with Crippen LogP contribution in [-0.4, -0.2) is 13.1 Å². The molecule has 1 aromatic heterocycles. The van der Waals surface area contributed by atoms with Crippen LogP contribution in [0.2, 0.25) is 0 Å². The van der Waals surface area contributed by atoms with Crippen LogP contribution in [0.3, 0.4) is 0 Å². The summed E-state index contributed by atoms with van der Waals surface area (Å²) in [4.78, 5) is 16.4. The summed E-state index contributed by atoms with van der Waals surface area (Å²) in [5.41, 5.74) is 0.763. The van der Waals surface area contributed by atoms with E-state index in [-0.39, 0.29) is 12.1 Å². The van der Waals surface area contributed by atoms with Gasteiger partial charge in [0, 0.05) is 5.56 Å². The van der Waals surface area contributed by atoms with Crippen LogP contribution in [0.25, 0.3) is 0 Å². The third kappa shape index (κ3) is 2.06. The van der Waals surface area contributed by atoms with Crippen LogP contribution >= 0.6 is 11.3 Å². The maximum absolute atomic E-state index is 11.2. The van der Waals surface area contributed by atoms with Crippen molar-refractivity contribution in [2.45, 2.75) is 13.0 Å². The Morgan fingerprint density at radius 3 is 2.92 bits per heavy atom. The standard InChI is InChI=1S/C8H11NO3S/c1-5(12-9)6-3-4-13-7(6)8(10)11-2/h3-5H,9H2,1-2H3. The van der Waals surface area contributed by atoms with E-state index >= 15 is 0 Å². The summed E-state index contributed by atoms with van der Waals surface area (Å²) < 4.78 is 4.61. The molecule has 0 spiro atoms. The zero-order chi connectivity index (χ0) is 9.84. The number of methoxy groups -OCH3 is 1. The van der Waals surface area contributed by atoms with Crippen molar-refractivity contribution < 1.29 is 14.4 Å². The number of esters is 1. The lowest BCUT2D eigenvalue weighted by atomic mass is 10.1. The average Bonchev–Trinajstić information content (AvgIpc) is 2.63. The summed E-state index contributed by atoms with van der Waals surface area (Å²) in [7, 11) is 1.35. The van der Waals surface area contributed by atoms with Gasteiger partial charge in [0.15, 0.2) is 0 Å². The molecular weight excluding hydrogens is 190 g/mol. The molecule has 0 saturated heterocycles. The van der Waals surface area contributed by atoms with Gasteiger partial charge < -0.3 is 4.74 Å². The molecule has 0 amide bonds. The second-order valence-electron chi connectivity index (χ2n) is 2.47. The normalized spacial score (nSPS) is 12.5. The van der Waals surface area contributed by atoms with E-state index in [1.807, 2.05) is 0 Å². The summed E-state index contributed by atoms with van der Waals surface area (Å²) in [5.74, 6) is 4.67. The van der Waals surface area contributed by atoms with Gasteiger partial charge in [-0.3, -0.25) is 4.84 Å². The van der Waals surface area contributed by atoms with Crippen molar-refractivity contribution in [2.75, 3.05) is 7.11 Å². The van der Waals surface area contributed by atoms with E-state index in [4.69, 9.17) is 5.90 Å². The minimum atomic E-state index is -0.353. The Labute approximate surface area is 80.2 Å². The van der Waals surface area contributed by atoms with Crippen LogP contribution in [0.5, 0.6) is 0 Å². The fraction of sp³-hybridized carbons (Fsp3) is 0.375. The molecule has 0 aromatic carbocycles. The van der Waals surface area contributed by atoms with Gasteiger partial charge in [-0.1, -0.05) is 0 Å². The van der Waals surface area contributed by atoms with E-state index in [9.17, 15) is 4.79 Å². The van der Waals surface area contributed by atoms with E-state index in [0.717, 1.165) is 5.56 Å². The molecule has 1 rings (SSSR count). The predicted octanol–water partition coefficient (Wildman–Crippen LogP) is 1.49. The minimum absolute atomic E-state index is 0.291. The van der Waals surface area contributed by atoms with Crippen molar-refractivity contribution >= 4 is 17.3 Å². The largest absolute Gasteiger partial charge is 0.465 e. The summed E-state index contributed by atoms with van der Waals surface area (Å²) in [6.07, 6.45) is -0.291. The lowest BCUT2D eigenvalue weighted by molar-refractivity contribution is 0.0555. The number of thiophene rings is 1. The van der Waals surface area contributed by atoms with Crippen molar-refractivity contribution in [3.05, 3.63) is 21.9 Å². The third-order valence-corrected chi connectivity index (χ3v) is 2.62. The molecule has 2 N–H and O–H groups in total. The molecule has 1 aromatic rings. The Morgan fingerprint density at radius 2 is 2.38 bits per heavy atom. The zero-order valence-corrected chi connectivity index (χ0v) is 8.26. The molecule has 0 aliphatic rings. The molecular formula is C8H11NO3S. The van der Waals surface area contributed by atoms with Crippen LogP contribution in [0, 0.1) is 0 Å². The maximum atomic E-state index is 11.2. The molecule has 5 heteroatoms. The minimum Gasteiger partial charge on any atom is -0.465 e.